The number of benzene rings is 1. The Balaban J connectivity index is 2.24. The molecule has 0 saturated carbocycles. The second-order valence-corrected chi connectivity index (χ2v) is 4.68. The summed E-state index contributed by atoms with van der Waals surface area (Å²) in [4.78, 5) is 4.17. The van der Waals surface area contributed by atoms with Gasteiger partial charge >= 0.3 is 6.18 Å². The van der Waals surface area contributed by atoms with Crippen LogP contribution in [0.3, 0.4) is 0 Å². The molecule has 1 aromatic carbocycles. The van der Waals surface area contributed by atoms with Crippen LogP contribution < -0.4 is 5.32 Å². The van der Waals surface area contributed by atoms with Crippen molar-refractivity contribution in [3.63, 3.8) is 0 Å². The highest BCUT2D eigenvalue weighted by Gasteiger charge is 2.30. The Kier molecular flexibility index (Phi) is 4.04. The fourth-order valence-electron chi connectivity index (χ4n) is 1.48. The lowest BCUT2D eigenvalue weighted by molar-refractivity contribution is -0.137. The van der Waals surface area contributed by atoms with Crippen LogP contribution in [0.15, 0.2) is 24.3 Å². The van der Waals surface area contributed by atoms with Crippen LogP contribution >= 0.6 is 11.5 Å². The normalized spacial score (nSPS) is 11.6. The number of anilines is 1. The van der Waals surface area contributed by atoms with E-state index in [0.29, 0.717) is 16.5 Å². The van der Waals surface area contributed by atoms with Gasteiger partial charge in [-0.1, -0.05) is 19.1 Å². The summed E-state index contributed by atoms with van der Waals surface area (Å²) in [5.41, 5.74) is -0.321. The van der Waals surface area contributed by atoms with Crippen molar-refractivity contribution in [3.05, 3.63) is 29.8 Å². The van der Waals surface area contributed by atoms with Gasteiger partial charge in [0.1, 0.15) is 0 Å². The first-order valence-electron chi connectivity index (χ1n) is 5.76. The summed E-state index contributed by atoms with van der Waals surface area (Å²) in [6.45, 7) is 2.78. The smallest absolute Gasteiger partial charge is 0.360 e. The zero-order valence-electron chi connectivity index (χ0n) is 10.2. The van der Waals surface area contributed by atoms with Gasteiger partial charge in [-0.3, -0.25) is 0 Å². The summed E-state index contributed by atoms with van der Waals surface area (Å²) in [6, 6.07) is 5.02. The van der Waals surface area contributed by atoms with Crippen LogP contribution in [0.5, 0.6) is 0 Å². The zero-order valence-corrected chi connectivity index (χ0v) is 11.0. The van der Waals surface area contributed by atoms with E-state index >= 15 is 0 Å². The van der Waals surface area contributed by atoms with Gasteiger partial charge in [0.15, 0.2) is 5.82 Å². The number of hydrogen-bond donors (Lipinski definition) is 1. The highest BCUT2D eigenvalue weighted by atomic mass is 32.1. The van der Waals surface area contributed by atoms with Crippen LogP contribution in [0.25, 0.3) is 11.4 Å². The van der Waals surface area contributed by atoms with Crippen LogP contribution in [0.2, 0.25) is 0 Å². The first-order chi connectivity index (χ1) is 9.00. The molecule has 0 aliphatic rings. The molecule has 1 aromatic heterocycles. The summed E-state index contributed by atoms with van der Waals surface area (Å²) >= 11 is 1.14. The molecule has 0 spiro atoms. The van der Waals surface area contributed by atoms with Crippen LogP contribution in [-0.4, -0.2) is 15.9 Å². The molecule has 3 nitrogen and oxygen atoms in total. The number of aromatic nitrogens is 2. The van der Waals surface area contributed by atoms with Gasteiger partial charge in [-0.15, -0.1) is 0 Å². The van der Waals surface area contributed by atoms with Crippen molar-refractivity contribution in [2.45, 2.75) is 19.5 Å². The van der Waals surface area contributed by atoms with E-state index in [1.54, 1.807) is 6.07 Å². The Bertz CT molecular complexity index is 551. The third-order valence-corrected chi connectivity index (χ3v) is 3.07. The summed E-state index contributed by atoms with van der Waals surface area (Å²) in [5.74, 6) is 0.315. The SMILES string of the molecule is CCCNc1nc(-c2cccc(C(F)(F)F)c2)ns1. The molecule has 0 aliphatic heterocycles. The van der Waals surface area contributed by atoms with Gasteiger partial charge in [-0.2, -0.15) is 22.5 Å². The molecule has 0 fully saturated rings. The molecule has 2 aromatic rings. The van der Waals surface area contributed by atoms with E-state index < -0.39 is 11.7 Å². The molecular weight excluding hydrogens is 275 g/mol. The Labute approximate surface area is 112 Å². The second-order valence-electron chi connectivity index (χ2n) is 3.93. The largest absolute Gasteiger partial charge is 0.416 e. The Hall–Kier alpha value is -1.63. The number of nitrogens with zero attached hydrogens (tertiary/aromatic N) is 2. The number of rotatable bonds is 4. The maximum Gasteiger partial charge on any atom is 0.416 e. The molecule has 102 valence electrons. The predicted octanol–water partition coefficient (Wildman–Crippen LogP) is 4.05. The van der Waals surface area contributed by atoms with Crippen molar-refractivity contribution < 1.29 is 13.2 Å². The van der Waals surface area contributed by atoms with Crippen molar-refractivity contribution >= 4 is 16.7 Å². The topological polar surface area (TPSA) is 37.8 Å². The molecule has 2 rings (SSSR count). The second kappa shape index (κ2) is 5.56. The third-order valence-electron chi connectivity index (χ3n) is 2.40. The summed E-state index contributed by atoms with van der Waals surface area (Å²) in [6.07, 6.45) is -3.41. The highest BCUT2D eigenvalue weighted by Crippen LogP contribution is 2.32. The van der Waals surface area contributed by atoms with E-state index in [0.717, 1.165) is 36.6 Å². The van der Waals surface area contributed by atoms with E-state index in [1.807, 2.05) is 6.92 Å². The van der Waals surface area contributed by atoms with E-state index in [2.05, 4.69) is 14.7 Å². The van der Waals surface area contributed by atoms with Crippen LogP contribution in [0.4, 0.5) is 18.3 Å². The molecule has 0 unspecified atom stereocenters. The molecule has 0 saturated heterocycles. The average Bonchev–Trinajstić information content (AvgIpc) is 2.84. The van der Waals surface area contributed by atoms with E-state index in [9.17, 15) is 13.2 Å². The quantitative estimate of drug-likeness (QED) is 0.922. The van der Waals surface area contributed by atoms with Crippen LogP contribution in [0.1, 0.15) is 18.9 Å². The Morgan fingerprint density at radius 1 is 1.32 bits per heavy atom. The lowest BCUT2D eigenvalue weighted by Gasteiger charge is -2.06. The van der Waals surface area contributed by atoms with E-state index in [1.165, 1.54) is 6.07 Å². The Morgan fingerprint density at radius 2 is 2.11 bits per heavy atom. The standard InChI is InChI=1S/C12H12F3N3S/c1-2-6-16-11-17-10(18-19-11)8-4-3-5-9(7-8)12(13,14)15/h3-5,7H,2,6H2,1H3,(H,16,17,18). The molecular formula is C12H12F3N3S. The van der Waals surface area contributed by atoms with Crippen molar-refractivity contribution in [2.24, 2.45) is 0 Å². The molecule has 0 atom stereocenters. The van der Waals surface area contributed by atoms with Gasteiger partial charge in [0, 0.05) is 23.6 Å². The lowest BCUT2D eigenvalue weighted by Crippen LogP contribution is -2.04. The predicted molar refractivity (Wildman–Crippen MR) is 69.1 cm³/mol. The molecule has 0 aliphatic carbocycles. The van der Waals surface area contributed by atoms with Gasteiger partial charge in [-0.05, 0) is 18.6 Å². The monoisotopic (exact) mass is 287 g/mol. The molecule has 1 heterocycles. The summed E-state index contributed by atoms with van der Waals surface area (Å²) in [5, 5.41) is 3.67. The van der Waals surface area contributed by atoms with Gasteiger partial charge < -0.3 is 5.32 Å². The number of nitrogens with one attached hydrogen (secondary N) is 1. The molecule has 0 amide bonds. The minimum absolute atomic E-state index is 0.315. The number of hydrogen-bond acceptors (Lipinski definition) is 4. The van der Waals surface area contributed by atoms with Gasteiger partial charge in [0.25, 0.3) is 0 Å². The minimum atomic E-state index is -4.35. The van der Waals surface area contributed by atoms with Crippen LogP contribution in [-0.2, 0) is 6.18 Å². The third kappa shape index (κ3) is 3.44. The van der Waals surface area contributed by atoms with Crippen molar-refractivity contribution in [3.8, 4) is 11.4 Å². The van der Waals surface area contributed by atoms with E-state index in [-0.39, 0.29) is 0 Å². The highest BCUT2D eigenvalue weighted by molar-refractivity contribution is 7.09. The van der Waals surface area contributed by atoms with E-state index in [4.69, 9.17) is 0 Å². The first-order valence-corrected chi connectivity index (χ1v) is 6.53. The van der Waals surface area contributed by atoms with Gasteiger partial charge in [-0.25, -0.2) is 0 Å². The summed E-state index contributed by atoms with van der Waals surface area (Å²) in [7, 11) is 0. The molecule has 19 heavy (non-hydrogen) atoms. The molecule has 0 bridgehead atoms. The molecule has 7 heteroatoms. The fraction of sp³-hybridized carbons (Fsp3) is 0.333. The zero-order chi connectivity index (χ0) is 13.9. The summed E-state index contributed by atoms with van der Waals surface area (Å²) < 4.78 is 41.9. The molecule has 0 radical (unpaired) electrons. The lowest BCUT2D eigenvalue weighted by atomic mass is 10.1. The van der Waals surface area contributed by atoms with Crippen molar-refractivity contribution in [1.29, 1.82) is 0 Å². The van der Waals surface area contributed by atoms with Crippen molar-refractivity contribution in [2.75, 3.05) is 11.9 Å². The maximum atomic E-state index is 12.6. The average molecular weight is 287 g/mol. The molecule has 1 N–H and O–H groups in total. The van der Waals surface area contributed by atoms with Gasteiger partial charge in [0.2, 0.25) is 5.13 Å². The van der Waals surface area contributed by atoms with Gasteiger partial charge in [0.05, 0.1) is 5.56 Å². The minimum Gasteiger partial charge on any atom is -0.360 e. The maximum absolute atomic E-state index is 12.6. The number of alkyl halides is 3. The van der Waals surface area contributed by atoms with Crippen molar-refractivity contribution in [1.82, 2.24) is 9.36 Å². The van der Waals surface area contributed by atoms with Crippen LogP contribution in [0, 0.1) is 0 Å². The first kappa shape index (κ1) is 13.8. The number of halogens is 3. The fourth-order valence-corrected chi connectivity index (χ4v) is 2.09. The Morgan fingerprint density at radius 3 is 2.79 bits per heavy atom.